The fraction of sp³-hybridized carbons (Fsp3) is 0.846. The van der Waals surface area contributed by atoms with Gasteiger partial charge in [-0.3, -0.25) is 0 Å². The summed E-state index contributed by atoms with van der Waals surface area (Å²) in [5.74, 6) is 0.101. The molecule has 0 radical (unpaired) electrons. The molecule has 0 aliphatic carbocycles. The lowest BCUT2D eigenvalue weighted by Crippen LogP contribution is -2.12. The highest BCUT2D eigenvalue weighted by atomic mass is 16.1. The second-order valence-corrected chi connectivity index (χ2v) is 4.39. The van der Waals surface area contributed by atoms with Gasteiger partial charge in [0.1, 0.15) is 0 Å². The Hall–Kier alpha value is -1.24. The summed E-state index contributed by atoms with van der Waals surface area (Å²) in [6, 6.07) is 0. The summed E-state index contributed by atoms with van der Waals surface area (Å²) in [6.45, 7) is 4.14. The number of hydrogen-bond donors (Lipinski definition) is 0. The van der Waals surface area contributed by atoms with E-state index < -0.39 is 6.17 Å². The monoisotopic (exact) mass is 238 g/mol. The van der Waals surface area contributed by atoms with Crippen molar-refractivity contribution >= 4 is 12.2 Å². The van der Waals surface area contributed by atoms with E-state index in [1.54, 1.807) is 0 Å². The summed E-state index contributed by atoms with van der Waals surface area (Å²) >= 11 is 0. The zero-order chi connectivity index (χ0) is 12.9. The Morgan fingerprint density at radius 3 is 2.00 bits per heavy atom. The molecule has 17 heavy (non-hydrogen) atoms. The number of unbranched alkanes of at least 4 members (excludes halogenated alkanes) is 5. The van der Waals surface area contributed by atoms with Gasteiger partial charge in [0.25, 0.3) is 0 Å². The van der Waals surface area contributed by atoms with Crippen molar-refractivity contribution in [1.29, 1.82) is 0 Å². The minimum absolute atomic E-state index is 0.101. The second-order valence-electron chi connectivity index (χ2n) is 4.39. The van der Waals surface area contributed by atoms with Crippen LogP contribution >= 0.6 is 0 Å². The summed E-state index contributed by atoms with van der Waals surface area (Å²) in [6.07, 6.45) is 10.6. The SMILES string of the molecule is CCCCCCCCC(C)C(N=C=O)N=C=O. The Morgan fingerprint density at radius 1 is 0.941 bits per heavy atom. The van der Waals surface area contributed by atoms with Crippen LogP contribution in [-0.4, -0.2) is 18.3 Å². The number of hydrogen-bond acceptors (Lipinski definition) is 4. The third-order valence-electron chi connectivity index (χ3n) is 2.89. The number of carbonyl (C=O) groups excluding carboxylic acids is 2. The molecule has 0 amide bonds. The van der Waals surface area contributed by atoms with E-state index in [1.165, 1.54) is 44.3 Å². The van der Waals surface area contributed by atoms with Gasteiger partial charge in [0.15, 0.2) is 6.17 Å². The van der Waals surface area contributed by atoms with Gasteiger partial charge < -0.3 is 0 Å². The lowest BCUT2D eigenvalue weighted by molar-refractivity contribution is 0.411. The molecule has 0 fully saturated rings. The van der Waals surface area contributed by atoms with Gasteiger partial charge in [-0.15, -0.1) is 0 Å². The van der Waals surface area contributed by atoms with Crippen molar-refractivity contribution in [1.82, 2.24) is 0 Å². The highest BCUT2D eigenvalue weighted by Gasteiger charge is 2.14. The summed E-state index contributed by atoms with van der Waals surface area (Å²) in [5.41, 5.74) is 0. The third kappa shape index (κ3) is 8.56. The molecule has 0 heterocycles. The number of isocyanates is 2. The molecule has 0 bridgehead atoms. The van der Waals surface area contributed by atoms with Crippen LogP contribution in [0, 0.1) is 5.92 Å². The van der Waals surface area contributed by atoms with E-state index >= 15 is 0 Å². The van der Waals surface area contributed by atoms with Crippen molar-refractivity contribution in [3.8, 4) is 0 Å². The first kappa shape index (κ1) is 15.8. The van der Waals surface area contributed by atoms with E-state index in [9.17, 15) is 9.59 Å². The quantitative estimate of drug-likeness (QED) is 0.333. The van der Waals surface area contributed by atoms with Gasteiger partial charge in [0, 0.05) is 5.92 Å². The van der Waals surface area contributed by atoms with Gasteiger partial charge in [-0.1, -0.05) is 52.4 Å². The van der Waals surface area contributed by atoms with Crippen LogP contribution in [0.15, 0.2) is 9.98 Å². The molecule has 0 aromatic carbocycles. The fourth-order valence-electron chi connectivity index (χ4n) is 1.79. The zero-order valence-electron chi connectivity index (χ0n) is 10.8. The Balaban J connectivity index is 3.78. The molecular weight excluding hydrogens is 216 g/mol. The maximum atomic E-state index is 10.2. The van der Waals surface area contributed by atoms with Gasteiger partial charge in [-0.25, -0.2) is 9.59 Å². The lowest BCUT2D eigenvalue weighted by atomic mass is 9.99. The van der Waals surface area contributed by atoms with Crippen molar-refractivity contribution in [3.63, 3.8) is 0 Å². The summed E-state index contributed by atoms with van der Waals surface area (Å²) in [7, 11) is 0. The molecule has 0 aromatic rings. The Morgan fingerprint density at radius 2 is 1.47 bits per heavy atom. The van der Waals surface area contributed by atoms with E-state index in [2.05, 4.69) is 16.9 Å². The van der Waals surface area contributed by atoms with Crippen molar-refractivity contribution in [2.24, 2.45) is 15.9 Å². The molecule has 96 valence electrons. The largest absolute Gasteiger partial charge is 0.237 e. The first-order valence-electron chi connectivity index (χ1n) is 6.40. The van der Waals surface area contributed by atoms with Crippen LogP contribution in [0.5, 0.6) is 0 Å². The van der Waals surface area contributed by atoms with E-state index in [0.717, 1.165) is 12.8 Å². The predicted molar refractivity (Wildman–Crippen MR) is 67.2 cm³/mol. The first-order valence-corrected chi connectivity index (χ1v) is 6.40. The van der Waals surface area contributed by atoms with Crippen LogP contribution in [0.3, 0.4) is 0 Å². The fourth-order valence-corrected chi connectivity index (χ4v) is 1.79. The molecule has 4 nitrogen and oxygen atoms in total. The number of aliphatic imine (C=N–C) groups is 2. The van der Waals surface area contributed by atoms with Crippen molar-refractivity contribution < 1.29 is 9.59 Å². The standard InChI is InChI=1S/C13H22N2O2/c1-3-4-5-6-7-8-9-12(2)13(14-10-16)15-11-17/h12-13H,3-9H2,1-2H3. The van der Waals surface area contributed by atoms with Crippen LogP contribution in [0.25, 0.3) is 0 Å². The molecule has 0 aliphatic heterocycles. The third-order valence-corrected chi connectivity index (χ3v) is 2.89. The molecule has 1 unspecified atom stereocenters. The van der Waals surface area contributed by atoms with Crippen molar-refractivity contribution in [2.45, 2.75) is 65.0 Å². The van der Waals surface area contributed by atoms with E-state index in [4.69, 9.17) is 0 Å². The molecule has 1 atom stereocenters. The molecule has 0 aromatic heterocycles. The molecule has 0 aliphatic rings. The summed E-state index contributed by atoms with van der Waals surface area (Å²) in [4.78, 5) is 27.3. The van der Waals surface area contributed by atoms with Gasteiger partial charge >= 0.3 is 0 Å². The zero-order valence-corrected chi connectivity index (χ0v) is 10.8. The molecular formula is C13H22N2O2. The molecule has 0 saturated heterocycles. The average Bonchev–Trinajstić information content (AvgIpc) is 2.33. The number of nitrogens with zero attached hydrogens (tertiary/aromatic N) is 2. The minimum atomic E-state index is -0.597. The minimum Gasteiger partial charge on any atom is -0.211 e. The molecule has 0 N–H and O–H groups in total. The average molecular weight is 238 g/mol. The van der Waals surface area contributed by atoms with E-state index in [1.807, 2.05) is 6.92 Å². The normalized spacial score (nSPS) is 13.3. The van der Waals surface area contributed by atoms with E-state index in [-0.39, 0.29) is 5.92 Å². The van der Waals surface area contributed by atoms with Crippen LogP contribution in [0.2, 0.25) is 0 Å². The molecule has 4 heteroatoms. The maximum Gasteiger partial charge on any atom is 0.237 e. The summed E-state index contributed by atoms with van der Waals surface area (Å²) in [5, 5.41) is 0. The maximum absolute atomic E-state index is 10.2. The lowest BCUT2D eigenvalue weighted by Gasteiger charge is -2.13. The molecule has 0 rings (SSSR count). The van der Waals surface area contributed by atoms with Crippen LogP contribution in [0.1, 0.15) is 58.8 Å². The van der Waals surface area contributed by atoms with Gasteiger partial charge in [0.05, 0.1) is 0 Å². The van der Waals surface area contributed by atoms with Gasteiger partial charge in [0.2, 0.25) is 12.2 Å². The van der Waals surface area contributed by atoms with Crippen LogP contribution in [0.4, 0.5) is 0 Å². The summed E-state index contributed by atoms with van der Waals surface area (Å²) < 4.78 is 0. The van der Waals surface area contributed by atoms with Gasteiger partial charge in [-0.05, 0) is 6.42 Å². The predicted octanol–water partition coefficient (Wildman–Crippen LogP) is 3.37. The number of rotatable bonds is 10. The Bertz CT molecular complexity index is 261. The van der Waals surface area contributed by atoms with Crippen LogP contribution in [-0.2, 0) is 9.59 Å². The highest BCUT2D eigenvalue weighted by molar-refractivity contribution is 5.37. The molecule has 0 spiro atoms. The van der Waals surface area contributed by atoms with Crippen molar-refractivity contribution in [3.05, 3.63) is 0 Å². The first-order chi connectivity index (χ1) is 8.26. The molecule has 0 saturated carbocycles. The van der Waals surface area contributed by atoms with Crippen molar-refractivity contribution in [2.75, 3.05) is 0 Å². The Kier molecular flexibility index (Phi) is 10.4. The van der Waals surface area contributed by atoms with Crippen LogP contribution < -0.4 is 0 Å². The topological polar surface area (TPSA) is 58.9 Å². The van der Waals surface area contributed by atoms with E-state index in [0.29, 0.717) is 0 Å². The Labute approximate surface area is 103 Å². The van der Waals surface area contributed by atoms with Gasteiger partial charge in [-0.2, -0.15) is 9.98 Å². The highest BCUT2D eigenvalue weighted by Crippen LogP contribution is 2.17. The smallest absolute Gasteiger partial charge is 0.211 e. The second kappa shape index (κ2) is 11.3.